The van der Waals surface area contributed by atoms with Gasteiger partial charge in [0.05, 0.1) is 17.7 Å². The Morgan fingerprint density at radius 2 is 2.00 bits per heavy atom. The van der Waals surface area contributed by atoms with Crippen molar-refractivity contribution in [3.05, 3.63) is 69.8 Å². The zero-order valence-electron chi connectivity index (χ0n) is 12.8. The summed E-state index contributed by atoms with van der Waals surface area (Å²) in [6.07, 6.45) is 2.98. The van der Waals surface area contributed by atoms with E-state index in [9.17, 15) is 14.9 Å². The van der Waals surface area contributed by atoms with Crippen LogP contribution in [-0.2, 0) is 4.79 Å². The molecule has 1 amide bonds. The Bertz CT molecular complexity index is 769. The highest BCUT2D eigenvalue weighted by Crippen LogP contribution is 2.22. The number of hydrogen-bond donors (Lipinski definition) is 1. The van der Waals surface area contributed by atoms with Gasteiger partial charge in [-0.2, -0.15) is 0 Å². The molecule has 0 aliphatic carbocycles. The van der Waals surface area contributed by atoms with Crippen molar-refractivity contribution in [1.82, 2.24) is 0 Å². The van der Waals surface area contributed by atoms with E-state index in [1.54, 1.807) is 32.2 Å². The number of methoxy groups -OCH3 is 1. The summed E-state index contributed by atoms with van der Waals surface area (Å²) in [6, 6.07) is 11.6. The monoisotopic (exact) mass is 312 g/mol. The maximum absolute atomic E-state index is 12.0. The summed E-state index contributed by atoms with van der Waals surface area (Å²) in [5.41, 5.74) is 1.85. The van der Waals surface area contributed by atoms with Gasteiger partial charge in [0, 0.05) is 23.8 Å². The van der Waals surface area contributed by atoms with Crippen LogP contribution in [0.2, 0.25) is 0 Å². The summed E-state index contributed by atoms with van der Waals surface area (Å²) in [6.45, 7) is 1.77. The number of nitro benzene ring substituents is 1. The molecule has 0 aromatic heterocycles. The third-order valence-electron chi connectivity index (χ3n) is 3.24. The number of anilines is 1. The largest absolute Gasteiger partial charge is 0.496 e. The minimum Gasteiger partial charge on any atom is -0.496 e. The minimum absolute atomic E-state index is 0.0698. The van der Waals surface area contributed by atoms with Crippen LogP contribution in [0, 0.1) is 17.0 Å². The Hall–Kier alpha value is -3.15. The molecule has 2 aromatic carbocycles. The molecule has 0 aliphatic heterocycles. The van der Waals surface area contributed by atoms with Crippen LogP contribution in [0.4, 0.5) is 11.4 Å². The highest BCUT2D eigenvalue weighted by molar-refractivity contribution is 6.02. The summed E-state index contributed by atoms with van der Waals surface area (Å²) >= 11 is 0. The lowest BCUT2D eigenvalue weighted by atomic mass is 10.1. The van der Waals surface area contributed by atoms with Crippen molar-refractivity contribution in [3.8, 4) is 5.75 Å². The fourth-order valence-corrected chi connectivity index (χ4v) is 2.00. The minimum atomic E-state index is -0.500. The van der Waals surface area contributed by atoms with Gasteiger partial charge in [0.2, 0.25) is 5.91 Å². The summed E-state index contributed by atoms with van der Waals surface area (Å²) < 4.78 is 5.20. The Balaban J connectivity index is 2.15. The molecule has 0 heterocycles. The lowest BCUT2D eigenvalue weighted by molar-refractivity contribution is -0.384. The third kappa shape index (κ3) is 4.16. The van der Waals surface area contributed by atoms with E-state index < -0.39 is 4.92 Å². The molecular weight excluding hydrogens is 296 g/mol. The van der Waals surface area contributed by atoms with Crippen molar-refractivity contribution < 1.29 is 14.5 Å². The summed E-state index contributed by atoms with van der Waals surface area (Å²) in [7, 11) is 1.55. The van der Waals surface area contributed by atoms with Crippen LogP contribution < -0.4 is 10.1 Å². The average molecular weight is 312 g/mol. The van der Waals surface area contributed by atoms with Crippen molar-refractivity contribution >= 4 is 23.4 Å². The molecule has 2 aromatic rings. The quantitative estimate of drug-likeness (QED) is 0.520. The van der Waals surface area contributed by atoms with Gasteiger partial charge in [0.15, 0.2) is 0 Å². The second-order valence-electron chi connectivity index (χ2n) is 4.82. The first kappa shape index (κ1) is 16.2. The SMILES string of the molecule is COc1ccccc1/C=C/C(=O)Nc1cc([N+](=O)[O-])ccc1C. The van der Waals surface area contributed by atoms with Crippen LogP contribution in [0.25, 0.3) is 6.08 Å². The number of hydrogen-bond acceptors (Lipinski definition) is 4. The zero-order valence-corrected chi connectivity index (χ0v) is 12.8. The van der Waals surface area contributed by atoms with Gasteiger partial charge in [0.1, 0.15) is 5.75 Å². The van der Waals surface area contributed by atoms with Crippen LogP contribution in [0.1, 0.15) is 11.1 Å². The van der Waals surface area contributed by atoms with E-state index in [0.717, 1.165) is 11.1 Å². The highest BCUT2D eigenvalue weighted by Gasteiger charge is 2.10. The number of nitro groups is 1. The molecule has 0 fully saturated rings. The van der Waals surface area contributed by atoms with E-state index >= 15 is 0 Å². The number of ether oxygens (including phenoxy) is 1. The first-order valence-electron chi connectivity index (χ1n) is 6.88. The average Bonchev–Trinajstić information content (AvgIpc) is 2.55. The highest BCUT2D eigenvalue weighted by atomic mass is 16.6. The Morgan fingerprint density at radius 3 is 2.70 bits per heavy atom. The van der Waals surface area contributed by atoms with Crippen molar-refractivity contribution in [2.24, 2.45) is 0 Å². The molecule has 6 heteroatoms. The number of para-hydroxylation sites is 1. The molecule has 6 nitrogen and oxygen atoms in total. The van der Waals surface area contributed by atoms with Gasteiger partial charge in [-0.15, -0.1) is 0 Å². The van der Waals surface area contributed by atoms with E-state index in [-0.39, 0.29) is 11.6 Å². The maximum atomic E-state index is 12.0. The number of carbonyl (C=O) groups is 1. The van der Waals surface area contributed by atoms with Crippen LogP contribution in [0.3, 0.4) is 0 Å². The molecule has 1 N–H and O–H groups in total. The first-order chi connectivity index (χ1) is 11.0. The number of rotatable bonds is 5. The van der Waals surface area contributed by atoms with Gasteiger partial charge in [0.25, 0.3) is 5.69 Å². The summed E-state index contributed by atoms with van der Waals surface area (Å²) in [5.74, 6) is 0.280. The number of non-ortho nitro benzene ring substituents is 1. The standard InChI is InChI=1S/C17H16N2O4/c1-12-7-9-14(19(21)22)11-15(12)18-17(20)10-8-13-5-3-4-6-16(13)23-2/h3-11H,1-2H3,(H,18,20)/b10-8+. The van der Waals surface area contributed by atoms with Crippen LogP contribution >= 0.6 is 0 Å². The molecule has 0 spiro atoms. The maximum Gasteiger partial charge on any atom is 0.271 e. The lowest BCUT2D eigenvalue weighted by Crippen LogP contribution is -2.09. The molecule has 2 rings (SSSR count). The van der Waals surface area contributed by atoms with Crippen LogP contribution in [0.5, 0.6) is 5.75 Å². The fourth-order valence-electron chi connectivity index (χ4n) is 2.00. The number of amides is 1. The molecule has 0 radical (unpaired) electrons. The predicted molar refractivity (Wildman–Crippen MR) is 88.5 cm³/mol. The normalized spacial score (nSPS) is 10.5. The summed E-state index contributed by atoms with van der Waals surface area (Å²) in [5, 5.41) is 13.4. The van der Waals surface area contributed by atoms with Crippen LogP contribution in [0.15, 0.2) is 48.5 Å². The number of nitrogens with zero attached hydrogens (tertiary/aromatic N) is 1. The summed E-state index contributed by atoms with van der Waals surface area (Å²) in [4.78, 5) is 22.3. The van der Waals surface area contributed by atoms with Crippen molar-refractivity contribution in [2.75, 3.05) is 12.4 Å². The van der Waals surface area contributed by atoms with Gasteiger partial charge < -0.3 is 10.1 Å². The van der Waals surface area contributed by atoms with E-state index in [1.165, 1.54) is 18.2 Å². The molecule has 0 atom stereocenters. The smallest absolute Gasteiger partial charge is 0.271 e. The number of aryl methyl sites for hydroxylation is 1. The first-order valence-corrected chi connectivity index (χ1v) is 6.88. The van der Waals surface area contributed by atoms with E-state index in [1.807, 2.05) is 18.2 Å². The number of carbonyl (C=O) groups excluding carboxylic acids is 1. The van der Waals surface area contributed by atoms with Gasteiger partial charge in [-0.3, -0.25) is 14.9 Å². The van der Waals surface area contributed by atoms with Gasteiger partial charge in [-0.1, -0.05) is 24.3 Å². The van der Waals surface area contributed by atoms with E-state index in [2.05, 4.69) is 5.32 Å². The van der Waals surface area contributed by atoms with Crippen molar-refractivity contribution in [1.29, 1.82) is 0 Å². The molecule has 0 saturated heterocycles. The molecule has 0 saturated carbocycles. The number of nitrogens with one attached hydrogen (secondary N) is 1. The second-order valence-corrected chi connectivity index (χ2v) is 4.82. The van der Waals surface area contributed by atoms with Gasteiger partial charge >= 0.3 is 0 Å². The Kier molecular flexibility index (Phi) is 5.09. The fraction of sp³-hybridized carbons (Fsp3) is 0.118. The van der Waals surface area contributed by atoms with Crippen molar-refractivity contribution in [3.63, 3.8) is 0 Å². The molecule has 23 heavy (non-hydrogen) atoms. The van der Waals surface area contributed by atoms with E-state index in [4.69, 9.17) is 4.74 Å². The topological polar surface area (TPSA) is 81.5 Å². The second kappa shape index (κ2) is 7.22. The zero-order chi connectivity index (χ0) is 16.8. The molecule has 0 unspecified atom stereocenters. The van der Waals surface area contributed by atoms with Crippen molar-refractivity contribution in [2.45, 2.75) is 6.92 Å². The molecule has 118 valence electrons. The predicted octanol–water partition coefficient (Wildman–Crippen LogP) is 3.56. The molecule has 0 bridgehead atoms. The molecule has 0 aliphatic rings. The molecular formula is C17H16N2O4. The lowest BCUT2D eigenvalue weighted by Gasteiger charge is -2.06. The van der Waals surface area contributed by atoms with Crippen LogP contribution in [-0.4, -0.2) is 17.9 Å². The third-order valence-corrected chi connectivity index (χ3v) is 3.24. The van der Waals surface area contributed by atoms with E-state index in [0.29, 0.717) is 11.4 Å². The van der Waals surface area contributed by atoms with Gasteiger partial charge in [-0.25, -0.2) is 0 Å². The van der Waals surface area contributed by atoms with Gasteiger partial charge in [-0.05, 0) is 24.6 Å². The number of benzene rings is 2. The Morgan fingerprint density at radius 1 is 1.26 bits per heavy atom. The Labute approximate surface area is 133 Å².